The summed E-state index contributed by atoms with van der Waals surface area (Å²) in [6.07, 6.45) is 1.42. The number of rotatable bonds is 4. The Kier molecular flexibility index (Phi) is 4.71. The van der Waals surface area contributed by atoms with Gasteiger partial charge < -0.3 is 15.0 Å². The minimum atomic E-state index is 0.134. The van der Waals surface area contributed by atoms with Crippen molar-refractivity contribution in [1.29, 1.82) is 0 Å². The Bertz CT molecular complexity index is 439. The van der Waals surface area contributed by atoms with Crippen LogP contribution in [-0.4, -0.2) is 31.3 Å². The number of likely N-dealkylation sites (N-methyl/N-ethyl adjacent to an activating group) is 1. The SMILES string of the molecule is CC1OCCC1N(C)c1ccccc1CNC(C)(C)C. The van der Waals surface area contributed by atoms with Gasteiger partial charge in [-0.1, -0.05) is 18.2 Å². The Morgan fingerprint density at radius 2 is 2.00 bits per heavy atom. The van der Waals surface area contributed by atoms with Gasteiger partial charge in [0.05, 0.1) is 12.1 Å². The van der Waals surface area contributed by atoms with Gasteiger partial charge in [0.25, 0.3) is 0 Å². The van der Waals surface area contributed by atoms with Crippen LogP contribution in [0.25, 0.3) is 0 Å². The third kappa shape index (κ3) is 3.74. The highest BCUT2D eigenvalue weighted by molar-refractivity contribution is 5.54. The second-order valence-corrected chi connectivity index (χ2v) is 6.78. The van der Waals surface area contributed by atoms with E-state index in [1.807, 2.05) is 0 Å². The van der Waals surface area contributed by atoms with E-state index in [2.05, 4.69) is 69.2 Å². The molecule has 1 aromatic carbocycles. The van der Waals surface area contributed by atoms with Gasteiger partial charge in [0.15, 0.2) is 0 Å². The largest absolute Gasteiger partial charge is 0.376 e. The number of nitrogens with zero attached hydrogens (tertiary/aromatic N) is 1. The van der Waals surface area contributed by atoms with Crippen molar-refractivity contribution in [3.8, 4) is 0 Å². The standard InChI is InChI=1S/C17H28N2O/c1-13-15(10-11-20-13)19(5)16-9-7-6-8-14(16)12-18-17(2,3)4/h6-9,13,15,18H,10-12H2,1-5H3. The first kappa shape index (κ1) is 15.3. The van der Waals surface area contributed by atoms with Crippen LogP contribution in [-0.2, 0) is 11.3 Å². The van der Waals surface area contributed by atoms with Crippen LogP contribution in [0.3, 0.4) is 0 Å². The zero-order valence-electron chi connectivity index (χ0n) is 13.4. The number of anilines is 1. The average Bonchev–Trinajstić information content (AvgIpc) is 2.81. The van der Waals surface area contributed by atoms with Crippen LogP contribution < -0.4 is 10.2 Å². The van der Waals surface area contributed by atoms with E-state index in [-0.39, 0.29) is 5.54 Å². The van der Waals surface area contributed by atoms with E-state index in [0.29, 0.717) is 12.1 Å². The van der Waals surface area contributed by atoms with E-state index in [0.717, 1.165) is 19.6 Å². The quantitative estimate of drug-likeness (QED) is 0.914. The van der Waals surface area contributed by atoms with Crippen LogP contribution in [0, 0.1) is 0 Å². The fourth-order valence-electron chi connectivity index (χ4n) is 2.77. The topological polar surface area (TPSA) is 24.5 Å². The molecule has 20 heavy (non-hydrogen) atoms. The minimum Gasteiger partial charge on any atom is -0.376 e. The number of ether oxygens (including phenoxy) is 1. The van der Waals surface area contributed by atoms with Crippen LogP contribution >= 0.6 is 0 Å². The molecule has 1 fully saturated rings. The Hall–Kier alpha value is -1.06. The summed E-state index contributed by atoms with van der Waals surface area (Å²) in [4.78, 5) is 2.39. The lowest BCUT2D eigenvalue weighted by atomic mass is 10.0. The van der Waals surface area contributed by atoms with Gasteiger partial charge in [-0.25, -0.2) is 0 Å². The molecule has 0 spiro atoms. The van der Waals surface area contributed by atoms with Crippen molar-refractivity contribution in [2.45, 2.75) is 58.3 Å². The Labute approximate surface area is 123 Å². The lowest BCUT2D eigenvalue weighted by Crippen LogP contribution is -2.39. The third-order valence-corrected chi connectivity index (χ3v) is 4.01. The summed E-state index contributed by atoms with van der Waals surface area (Å²) in [5, 5.41) is 3.58. The average molecular weight is 276 g/mol. The summed E-state index contributed by atoms with van der Waals surface area (Å²) >= 11 is 0. The van der Waals surface area contributed by atoms with E-state index in [9.17, 15) is 0 Å². The van der Waals surface area contributed by atoms with Crippen molar-refractivity contribution in [1.82, 2.24) is 5.32 Å². The first-order valence-electron chi connectivity index (χ1n) is 7.56. The molecule has 1 heterocycles. The van der Waals surface area contributed by atoms with Gasteiger partial charge in [0.2, 0.25) is 0 Å². The molecule has 2 atom stereocenters. The molecule has 0 aliphatic carbocycles. The van der Waals surface area contributed by atoms with E-state index < -0.39 is 0 Å². The van der Waals surface area contributed by atoms with Crippen molar-refractivity contribution >= 4 is 5.69 Å². The summed E-state index contributed by atoms with van der Waals surface area (Å²) in [7, 11) is 2.19. The zero-order chi connectivity index (χ0) is 14.8. The molecule has 3 heteroatoms. The summed E-state index contributed by atoms with van der Waals surface area (Å²) in [5.74, 6) is 0. The summed E-state index contributed by atoms with van der Waals surface area (Å²) < 4.78 is 5.70. The molecule has 1 aliphatic heterocycles. The molecule has 1 aromatic rings. The maximum Gasteiger partial charge on any atom is 0.0750 e. The molecular formula is C17H28N2O. The Morgan fingerprint density at radius 1 is 1.30 bits per heavy atom. The molecule has 112 valence electrons. The monoisotopic (exact) mass is 276 g/mol. The molecule has 1 N–H and O–H groups in total. The van der Waals surface area contributed by atoms with Gasteiger partial charge in [-0.2, -0.15) is 0 Å². The van der Waals surface area contributed by atoms with E-state index >= 15 is 0 Å². The number of para-hydroxylation sites is 1. The maximum absolute atomic E-state index is 5.70. The molecular weight excluding hydrogens is 248 g/mol. The van der Waals surface area contributed by atoms with E-state index in [1.165, 1.54) is 11.3 Å². The highest BCUT2D eigenvalue weighted by atomic mass is 16.5. The molecule has 2 unspecified atom stereocenters. The lowest BCUT2D eigenvalue weighted by molar-refractivity contribution is 0.118. The van der Waals surface area contributed by atoms with Crippen molar-refractivity contribution in [2.75, 3.05) is 18.6 Å². The number of hydrogen-bond donors (Lipinski definition) is 1. The molecule has 0 radical (unpaired) electrons. The van der Waals surface area contributed by atoms with Gasteiger partial charge in [0, 0.05) is 31.4 Å². The van der Waals surface area contributed by atoms with Crippen molar-refractivity contribution < 1.29 is 4.74 Å². The summed E-state index contributed by atoms with van der Waals surface area (Å²) in [5.41, 5.74) is 2.80. The Morgan fingerprint density at radius 3 is 2.60 bits per heavy atom. The second kappa shape index (κ2) is 6.15. The van der Waals surface area contributed by atoms with E-state index in [4.69, 9.17) is 4.74 Å². The van der Waals surface area contributed by atoms with Gasteiger partial charge in [-0.15, -0.1) is 0 Å². The van der Waals surface area contributed by atoms with Gasteiger partial charge in [-0.3, -0.25) is 0 Å². The molecule has 0 aromatic heterocycles. The highest BCUT2D eigenvalue weighted by Gasteiger charge is 2.28. The predicted octanol–water partition coefficient (Wildman–Crippen LogP) is 3.19. The van der Waals surface area contributed by atoms with Crippen molar-refractivity contribution in [3.63, 3.8) is 0 Å². The van der Waals surface area contributed by atoms with Crippen LogP contribution in [0.4, 0.5) is 5.69 Å². The molecule has 0 saturated carbocycles. The summed E-state index contributed by atoms with van der Waals surface area (Å²) in [6, 6.07) is 9.14. The van der Waals surface area contributed by atoms with Crippen LogP contribution in [0.2, 0.25) is 0 Å². The molecule has 0 bridgehead atoms. The first-order chi connectivity index (χ1) is 9.38. The fraction of sp³-hybridized carbons (Fsp3) is 0.647. The molecule has 0 amide bonds. The second-order valence-electron chi connectivity index (χ2n) is 6.78. The van der Waals surface area contributed by atoms with Gasteiger partial charge in [-0.05, 0) is 45.7 Å². The third-order valence-electron chi connectivity index (χ3n) is 4.01. The summed E-state index contributed by atoms with van der Waals surface area (Å²) in [6.45, 7) is 10.5. The van der Waals surface area contributed by atoms with Gasteiger partial charge >= 0.3 is 0 Å². The number of nitrogens with one attached hydrogen (secondary N) is 1. The first-order valence-corrected chi connectivity index (χ1v) is 7.56. The zero-order valence-corrected chi connectivity index (χ0v) is 13.4. The smallest absolute Gasteiger partial charge is 0.0750 e. The van der Waals surface area contributed by atoms with Gasteiger partial charge in [0.1, 0.15) is 0 Å². The number of benzene rings is 1. The minimum absolute atomic E-state index is 0.134. The van der Waals surface area contributed by atoms with Crippen molar-refractivity contribution in [2.24, 2.45) is 0 Å². The Balaban J connectivity index is 2.14. The molecule has 2 rings (SSSR count). The number of hydrogen-bond acceptors (Lipinski definition) is 3. The van der Waals surface area contributed by atoms with E-state index in [1.54, 1.807) is 0 Å². The predicted molar refractivity (Wildman–Crippen MR) is 85.3 cm³/mol. The normalized spacial score (nSPS) is 23.1. The fourth-order valence-corrected chi connectivity index (χ4v) is 2.77. The molecule has 1 aliphatic rings. The maximum atomic E-state index is 5.70. The molecule has 3 nitrogen and oxygen atoms in total. The lowest BCUT2D eigenvalue weighted by Gasteiger charge is -2.31. The van der Waals surface area contributed by atoms with Crippen molar-refractivity contribution in [3.05, 3.63) is 29.8 Å². The van der Waals surface area contributed by atoms with Crippen LogP contribution in [0.5, 0.6) is 0 Å². The highest BCUT2D eigenvalue weighted by Crippen LogP contribution is 2.27. The van der Waals surface area contributed by atoms with Crippen LogP contribution in [0.1, 0.15) is 39.7 Å². The van der Waals surface area contributed by atoms with Crippen LogP contribution in [0.15, 0.2) is 24.3 Å². The molecule has 1 saturated heterocycles.